The highest BCUT2D eigenvalue weighted by Gasteiger charge is 2.51. The maximum absolute atomic E-state index is 15.4. The van der Waals surface area contributed by atoms with Crippen molar-refractivity contribution in [3.8, 4) is 5.75 Å². The van der Waals surface area contributed by atoms with Crippen molar-refractivity contribution in [1.82, 2.24) is 9.21 Å². The first kappa shape index (κ1) is 29.4. The number of halogens is 2. The number of hydrogen-bond acceptors (Lipinski definition) is 6. The number of nitrogens with zero attached hydrogens (tertiary/aromatic N) is 2. The molecule has 2 aliphatic heterocycles. The number of aryl methyl sites for hydroxylation is 2. The molecule has 8 nitrogen and oxygen atoms in total. The van der Waals surface area contributed by atoms with E-state index in [1.54, 1.807) is 4.90 Å². The molecule has 0 unspecified atom stereocenters. The maximum Gasteiger partial charge on any atom is 0.384 e. The van der Waals surface area contributed by atoms with E-state index in [0.29, 0.717) is 38.0 Å². The fourth-order valence-corrected chi connectivity index (χ4v) is 6.63. The lowest BCUT2D eigenvalue weighted by Crippen LogP contribution is -2.46. The molecule has 0 spiro atoms. The zero-order valence-corrected chi connectivity index (χ0v) is 23.5. The summed E-state index contributed by atoms with van der Waals surface area (Å²) in [6, 6.07) is 10.1. The Morgan fingerprint density at radius 2 is 1.79 bits per heavy atom. The topological polar surface area (TPSA) is 85.4 Å². The highest BCUT2D eigenvalue weighted by Crippen LogP contribution is 2.39. The summed E-state index contributed by atoms with van der Waals surface area (Å²) in [5.41, 5.74) is 1.78. The van der Waals surface area contributed by atoms with E-state index >= 15 is 8.78 Å². The van der Waals surface area contributed by atoms with Crippen LogP contribution in [0.2, 0.25) is 0 Å². The molecule has 2 aromatic carbocycles. The molecule has 2 aliphatic rings. The Morgan fingerprint density at radius 3 is 2.46 bits per heavy atom. The molecule has 2 fully saturated rings. The largest absolute Gasteiger partial charge is 0.486 e. The number of hydrogen-bond donors (Lipinski definition) is 0. The molecule has 0 aromatic heterocycles. The van der Waals surface area contributed by atoms with E-state index in [1.807, 2.05) is 32.0 Å². The summed E-state index contributed by atoms with van der Waals surface area (Å²) in [6.45, 7) is 5.00. The van der Waals surface area contributed by atoms with Crippen molar-refractivity contribution in [3.05, 3.63) is 64.7 Å². The first-order valence-electron chi connectivity index (χ1n) is 13.1. The number of likely N-dealkylation sites (tertiary alicyclic amines) is 1. The van der Waals surface area contributed by atoms with Crippen LogP contribution >= 0.6 is 0 Å². The normalized spacial score (nSPS) is 20.9. The molecule has 0 radical (unpaired) electrons. The van der Waals surface area contributed by atoms with Gasteiger partial charge in [-0.25, -0.2) is 8.42 Å². The van der Waals surface area contributed by atoms with Crippen LogP contribution in [0.15, 0.2) is 42.5 Å². The number of ether oxygens (including phenoxy) is 3. The molecule has 0 N–H and O–H groups in total. The monoisotopic (exact) mass is 566 g/mol. The Labute approximate surface area is 228 Å². The van der Waals surface area contributed by atoms with Crippen LogP contribution in [-0.2, 0) is 31.2 Å². The van der Waals surface area contributed by atoms with Crippen molar-refractivity contribution >= 4 is 15.9 Å². The maximum atomic E-state index is 15.4. The van der Waals surface area contributed by atoms with Crippen LogP contribution in [0.5, 0.6) is 5.75 Å². The van der Waals surface area contributed by atoms with Gasteiger partial charge in [0.1, 0.15) is 18.0 Å². The third-order valence-electron chi connectivity index (χ3n) is 7.62. The Morgan fingerprint density at radius 1 is 1.13 bits per heavy atom. The number of benzene rings is 2. The van der Waals surface area contributed by atoms with E-state index in [4.69, 9.17) is 14.2 Å². The summed E-state index contributed by atoms with van der Waals surface area (Å²) in [5.74, 6) is -0.0665. The van der Waals surface area contributed by atoms with Gasteiger partial charge in [-0.2, -0.15) is 13.1 Å². The minimum atomic E-state index is -5.00. The first-order valence-corrected chi connectivity index (χ1v) is 14.6. The molecule has 0 aliphatic carbocycles. The van der Waals surface area contributed by atoms with Crippen molar-refractivity contribution in [1.29, 1.82) is 0 Å². The number of rotatable bonds is 9. The summed E-state index contributed by atoms with van der Waals surface area (Å²) in [4.78, 5) is 15.1. The molecule has 2 aromatic rings. The zero-order valence-electron chi connectivity index (χ0n) is 22.7. The van der Waals surface area contributed by atoms with Crippen LogP contribution in [0.25, 0.3) is 0 Å². The quantitative estimate of drug-likeness (QED) is 0.457. The second kappa shape index (κ2) is 11.9. The lowest BCUT2D eigenvalue weighted by Gasteiger charge is -2.33. The van der Waals surface area contributed by atoms with Gasteiger partial charge in [0.25, 0.3) is 15.9 Å². The van der Waals surface area contributed by atoms with Gasteiger partial charge < -0.3 is 19.1 Å². The summed E-state index contributed by atoms with van der Waals surface area (Å²) in [5, 5.41) is -4.17. The third kappa shape index (κ3) is 5.82. The van der Waals surface area contributed by atoms with Crippen molar-refractivity contribution in [2.75, 3.05) is 40.5 Å². The molecule has 39 heavy (non-hydrogen) atoms. The molecular weight excluding hydrogens is 530 g/mol. The molecule has 4 rings (SSSR count). The minimum Gasteiger partial charge on any atom is -0.486 e. The standard InChI is InChI=1S/C28H36F2N2O6S/c1-5-20-9-6-8-19(2)26(20)27(33)32-17-24(36-4)25(18-32)38-23-11-7-10-21(16-23)28(29,30)39(34,35)31(3)22-12-14-37-15-13-22/h6-11,16,22,24-25H,5,12-15,17-18H2,1-4H3/t24-,25-/m1/s1. The number of alkyl halides is 2. The van der Waals surface area contributed by atoms with E-state index in [9.17, 15) is 13.2 Å². The molecule has 2 atom stereocenters. The van der Waals surface area contributed by atoms with Gasteiger partial charge in [0.05, 0.1) is 13.1 Å². The number of carbonyl (C=O) groups excluding carboxylic acids is 1. The zero-order chi connectivity index (χ0) is 28.4. The SMILES string of the molecule is CCc1cccc(C)c1C(=O)N1C[C@@H](OC)[C@H](Oc2cccc(C(F)(F)S(=O)(=O)N(C)C3CCOCC3)c2)C1. The van der Waals surface area contributed by atoms with Crippen LogP contribution in [0, 0.1) is 6.92 Å². The second-order valence-electron chi connectivity index (χ2n) is 10.0. The summed E-state index contributed by atoms with van der Waals surface area (Å²) in [6.07, 6.45) is 0.297. The minimum absolute atomic E-state index is 0.0718. The van der Waals surface area contributed by atoms with Crippen LogP contribution < -0.4 is 4.74 Å². The van der Waals surface area contributed by atoms with Gasteiger partial charge in [-0.3, -0.25) is 4.79 Å². The Balaban J connectivity index is 1.52. The Bertz CT molecular complexity index is 1280. The molecular formula is C28H36F2N2O6S. The van der Waals surface area contributed by atoms with E-state index in [0.717, 1.165) is 27.6 Å². The van der Waals surface area contributed by atoms with E-state index in [2.05, 4.69) is 0 Å². The highest BCUT2D eigenvalue weighted by molar-refractivity contribution is 7.89. The number of sulfonamides is 1. The van der Waals surface area contributed by atoms with Gasteiger partial charge in [-0.1, -0.05) is 37.3 Å². The highest BCUT2D eigenvalue weighted by atomic mass is 32.2. The van der Waals surface area contributed by atoms with Gasteiger partial charge in [0.2, 0.25) is 0 Å². The predicted octanol–water partition coefficient (Wildman–Crippen LogP) is 3.97. The lowest BCUT2D eigenvalue weighted by atomic mass is 9.99. The number of carbonyl (C=O) groups is 1. The molecule has 0 bridgehead atoms. The van der Waals surface area contributed by atoms with Crippen LogP contribution in [0.1, 0.15) is 46.8 Å². The van der Waals surface area contributed by atoms with E-state index in [-0.39, 0.29) is 24.7 Å². The van der Waals surface area contributed by atoms with E-state index < -0.39 is 39.1 Å². The predicted molar refractivity (Wildman–Crippen MR) is 143 cm³/mol. The average molecular weight is 567 g/mol. The Hall–Kier alpha value is -2.60. The lowest BCUT2D eigenvalue weighted by molar-refractivity contribution is 0.0333. The molecule has 11 heteroatoms. The number of methoxy groups -OCH3 is 1. The van der Waals surface area contributed by atoms with Crippen molar-refractivity contribution < 1.29 is 36.2 Å². The first-order chi connectivity index (χ1) is 18.5. The molecule has 0 saturated carbocycles. The smallest absolute Gasteiger partial charge is 0.384 e. The summed E-state index contributed by atoms with van der Waals surface area (Å²) >= 11 is 0. The van der Waals surface area contributed by atoms with Crippen LogP contribution in [0.3, 0.4) is 0 Å². The average Bonchev–Trinajstić information content (AvgIpc) is 3.35. The van der Waals surface area contributed by atoms with Gasteiger partial charge in [-0.05, 0) is 49.4 Å². The Kier molecular flexibility index (Phi) is 8.95. The van der Waals surface area contributed by atoms with Crippen molar-refractivity contribution in [2.45, 2.75) is 56.6 Å². The van der Waals surface area contributed by atoms with Crippen molar-refractivity contribution in [2.24, 2.45) is 0 Å². The molecule has 2 saturated heterocycles. The van der Waals surface area contributed by atoms with E-state index in [1.165, 1.54) is 26.3 Å². The van der Waals surface area contributed by atoms with Crippen LogP contribution in [-0.4, -0.2) is 82.2 Å². The van der Waals surface area contributed by atoms with Gasteiger partial charge >= 0.3 is 5.25 Å². The number of amides is 1. The fraction of sp³-hybridized carbons (Fsp3) is 0.536. The van der Waals surface area contributed by atoms with Gasteiger partial charge in [0, 0.05) is 44.5 Å². The van der Waals surface area contributed by atoms with Gasteiger partial charge in [-0.15, -0.1) is 0 Å². The van der Waals surface area contributed by atoms with Crippen molar-refractivity contribution in [3.63, 3.8) is 0 Å². The molecule has 2 heterocycles. The van der Waals surface area contributed by atoms with Gasteiger partial charge in [0.15, 0.2) is 0 Å². The summed E-state index contributed by atoms with van der Waals surface area (Å²) < 4.78 is 74.4. The molecule has 1 amide bonds. The second-order valence-corrected chi connectivity index (χ2v) is 12.1. The third-order valence-corrected chi connectivity index (χ3v) is 9.56. The van der Waals surface area contributed by atoms with Crippen LogP contribution in [0.4, 0.5) is 8.78 Å². The fourth-order valence-electron chi connectivity index (χ4n) is 5.24. The molecule has 214 valence electrons. The summed E-state index contributed by atoms with van der Waals surface area (Å²) in [7, 11) is -2.31.